The molecular formula is C12H17N3O2S. The van der Waals surface area contributed by atoms with Crippen LogP contribution in [0.2, 0.25) is 0 Å². The molecule has 0 aromatic carbocycles. The summed E-state index contributed by atoms with van der Waals surface area (Å²) >= 11 is 0. The predicted molar refractivity (Wildman–Crippen MR) is 71.1 cm³/mol. The summed E-state index contributed by atoms with van der Waals surface area (Å²) in [4.78, 5) is 4.20. The Morgan fingerprint density at radius 2 is 2.06 bits per heavy atom. The molecule has 0 unspecified atom stereocenters. The van der Waals surface area contributed by atoms with Crippen molar-refractivity contribution < 1.29 is 8.42 Å². The number of nitriles is 1. The van der Waals surface area contributed by atoms with Crippen LogP contribution < -0.4 is 5.32 Å². The third-order valence-corrected chi connectivity index (χ3v) is 4.99. The van der Waals surface area contributed by atoms with Crippen molar-refractivity contribution in [3.8, 4) is 6.07 Å². The second kappa shape index (κ2) is 4.94. The van der Waals surface area contributed by atoms with Gasteiger partial charge in [0, 0.05) is 18.5 Å². The molecule has 0 saturated carbocycles. The zero-order valence-electron chi connectivity index (χ0n) is 11.0. The van der Waals surface area contributed by atoms with Gasteiger partial charge < -0.3 is 5.32 Å². The van der Waals surface area contributed by atoms with Crippen LogP contribution in [0.4, 0.5) is 5.82 Å². The van der Waals surface area contributed by atoms with Gasteiger partial charge in [0.2, 0.25) is 0 Å². The SMILES string of the molecule is Cc1ccc(C#N)c(NCC(C)(C)S(C)(=O)=O)n1. The fourth-order valence-electron chi connectivity index (χ4n) is 1.21. The Morgan fingerprint density at radius 3 is 2.56 bits per heavy atom. The first-order chi connectivity index (χ1) is 8.17. The van der Waals surface area contributed by atoms with Gasteiger partial charge in [0.25, 0.3) is 0 Å². The van der Waals surface area contributed by atoms with E-state index in [0.717, 1.165) is 5.69 Å². The second-order valence-electron chi connectivity index (χ2n) is 4.85. The number of pyridine rings is 1. The van der Waals surface area contributed by atoms with Crippen molar-refractivity contribution in [2.75, 3.05) is 18.1 Å². The molecule has 1 heterocycles. The number of aryl methyl sites for hydroxylation is 1. The minimum absolute atomic E-state index is 0.205. The molecule has 0 bridgehead atoms. The molecule has 0 aliphatic heterocycles. The average molecular weight is 267 g/mol. The second-order valence-corrected chi connectivity index (χ2v) is 7.50. The fourth-order valence-corrected chi connectivity index (χ4v) is 1.54. The topological polar surface area (TPSA) is 82.9 Å². The molecule has 0 spiro atoms. The van der Waals surface area contributed by atoms with Crippen LogP contribution in [-0.4, -0.2) is 30.9 Å². The summed E-state index contributed by atoms with van der Waals surface area (Å²) in [6, 6.07) is 5.43. The van der Waals surface area contributed by atoms with Gasteiger partial charge in [-0.1, -0.05) is 0 Å². The molecule has 0 atom stereocenters. The number of sulfone groups is 1. The maximum Gasteiger partial charge on any atom is 0.154 e. The van der Waals surface area contributed by atoms with E-state index < -0.39 is 14.6 Å². The molecule has 5 nitrogen and oxygen atoms in total. The summed E-state index contributed by atoms with van der Waals surface area (Å²) in [7, 11) is -3.18. The number of aromatic nitrogens is 1. The first-order valence-corrected chi connectivity index (χ1v) is 7.38. The average Bonchev–Trinajstić information content (AvgIpc) is 2.25. The number of rotatable bonds is 4. The van der Waals surface area contributed by atoms with Crippen LogP contribution in [0.25, 0.3) is 0 Å². The summed E-state index contributed by atoms with van der Waals surface area (Å²) < 4.78 is 22.2. The molecular weight excluding hydrogens is 250 g/mol. The highest BCUT2D eigenvalue weighted by molar-refractivity contribution is 7.92. The van der Waals surface area contributed by atoms with Gasteiger partial charge in [-0.15, -0.1) is 0 Å². The minimum Gasteiger partial charge on any atom is -0.367 e. The van der Waals surface area contributed by atoms with Gasteiger partial charge in [0.05, 0.1) is 10.3 Å². The molecule has 0 radical (unpaired) electrons. The Bertz CT molecular complexity index is 586. The van der Waals surface area contributed by atoms with E-state index in [0.29, 0.717) is 11.4 Å². The van der Waals surface area contributed by atoms with Crippen LogP contribution in [0.1, 0.15) is 25.1 Å². The van der Waals surface area contributed by atoms with Gasteiger partial charge in [-0.3, -0.25) is 0 Å². The smallest absolute Gasteiger partial charge is 0.154 e. The third kappa shape index (κ3) is 3.20. The molecule has 18 heavy (non-hydrogen) atoms. The summed E-state index contributed by atoms with van der Waals surface area (Å²) in [5, 5.41) is 11.9. The third-order valence-electron chi connectivity index (χ3n) is 2.84. The molecule has 1 rings (SSSR count). The Hall–Kier alpha value is -1.61. The van der Waals surface area contributed by atoms with Crippen LogP contribution in [0.3, 0.4) is 0 Å². The predicted octanol–water partition coefficient (Wildman–Crippen LogP) is 1.50. The molecule has 0 amide bonds. The van der Waals surface area contributed by atoms with E-state index >= 15 is 0 Å². The molecule has 6 heteroatoms. The quantitative estimate of drug-likeness (QED) is 0.893. The molecule has 1 aromatic heterocycles. The first kappa shape index (κ1) is 14.5. The molecule has 98 valence electrons. The van der Waals surface area contributed by atoms with E-state index in [9.17, 15) is 8.42 Å². The van der Waals surface area contributed by atoms with Crippen molar-refractivity contribution >= 4 is 15.7 Å². The van der Waals surface area contributed by atoms with Crippen molar-refractivity contribution in [2.45, 2.75) is 25.5 Å². The van der Waals surface area contributed by atoms with E-state index in [4.69, 9.17) is 5.26 Å². The number of nitrogens with zero attached hydrogens (tertiary/aromatic N) is 2. The van der Waals surface area contributed by atoms with Crippen molar-refractivity contribution in [3.05, 3.63) is 23.4 Å². The van der Waals surface area contributed by atoms with E-state index in [1.54, 1.807) is 26.0 Å². The fraction of sp³-hybridized carbons (Fsp3) is 0.500. The highest BCUT2D eigenvalue weighted by Gasteiger charge is 2.30. The number of hydrogen-bond acceptors (Lipinski definition) is 5. The van der Waals surface area contributed by atoms with Gasteiger partial charge in [-0.2, -0.15) is 5.26 Å². The van der Waals surface area contributed by atoms with Gasteiger partial charge >= 0.3 is 0 Å². The van der Waals surface area contributed by atoms with E-state index in [1.165, 1.54) is 6.26 Å². The lowest BCUT2D eigenvalue weighted by Crippen LogP contribution is -2.38. The number of nitrogens with one attached hydrogen (secondary N) is 1. The highest BCUT2D eigenvalue weighted by Crippen LogP contribution is 2.18. The molecule has 1 aromatic rings. The van der Waals surface area contributed by atoms with E-state index in [1.807, 2.05) is 13.0 Å². The Morgan fingerprint density at radius 1 is 1.44 bits per heavy atom. The summed E-state index contributed by atoms with van der Waals surface area (Å²) in [6.07, 6.45) is 1.20. The normalized spacial score (nSPS) is 11.9. The van der Waals surface area contributed by atoms with Crippen molar-refractivity contribution in [2.24, 2.45) is 0 Å². The first-order valence-electron chi connectivity index (χ1n) is 5.48. The Balaban J connectivity index is 2.95. The van der Waals surface area contributed by atoms with E-state index in [-0.39, 0.29) is 6.54 Å². The zero-order chi connectivity index (χ0) is 14.0. The molecule has 0 fully saturated rings. The van der Waals surface area contributed by atoms with Crippen molar-refractivity contribution in [1.29, 1.82) is 5.26 Å². The standard InChI is InChI=1S/C12H17N3O2S/c1-9-5-6-10(7-13)11(15-9)14-8-12(2,3)18(4,16)17/h5-6H,8H2,1-4H3,(H,14,15). The number of hydrogen-bond donors (Lipinski definition) is 1. The van der Waals surface area contributed by atoms with Crippen LogP contribution in [0.15, 0.2) is 12.1 Å². The summed E-state index contributed by atoms with van der Waals surface area (Å²) in [5.74, 6) is 0.425. The largest absolute Gasteiger partial charge is 0.367 e. The summed E-state index contributed by atoms with van der Waals surface area (Å²) in [6.45, 7) is 5.29. The maximum atomic E-state index is 11.6. The zero-order valence-corrected chi connectivity index (χ0v) is 11.8. The Kier molecular flexibility index (Phi) is 3.97. The number of anilines is 1. The lowest BCUT2D eigenvalue weighted by molar-refractivity contribution is 0.559. The van der Waals surface area contributed by atoms with Gasteiger partial charge in [-0.05, 0) is 32.9 Å². The van der Waals surface area contributed by atoms with Crippen LogP contribution >= 0.6 is 0 Å². The van der Waals surface area contributed by atoms with Crippen molar-refractivity contribution in [1.82, 2.24) is 4.98 Å². The highest BCUT2D eigenvalue weighted by atomic mass is 32.2. The Labute approximate surface area is 108 Å². The lowest BCUT2D eigenvalue weighted by Gasteiger charge is -2.23. The van der Waals surface area contributed by atoms with Gasteiger partial charge in [-0.25, -0.2) is 13.4 Å². The lowest BCUT2D eigenvalue weighted by atomic mass is 10.2. The molecule has 0 aliphatic carbocycles. The van der Waals surface area contributed by atoms with Crippen LogP contribution in [-0.2, 0) is 9.84 Å². The van der Waals surface area contributed by atoms with Gasteiger partial charge in [0.1, 0.15) is 11.9 Å². The monoisotopic (exact) mass is 267 g/mol. The van der Waals surface area contributed by atoms with Crippen molar-refractivity contribution in [3.63, 3.8) is 0 Å². The minimum atomic E-state index is -3.18. The molecule has 0 saturated heterocycles. The van der Waals surface area contributed by atoms with Crippen LogP contribution in [0.5, 0.6) is 0 Å². The van der Waals surface area contributed by atoms with E-state index in [2.05, 4.69) is 10.3 Å². The maximum absolute atomic E-state index is 11.6. The molecule has 1 N–H and O–H groups in total. The van der Waals surface area contributed by atoms with Gasteiger partial charge in [0.15, 0.2) is 9.84 Å². The summed E-state index contributed by atoms with van der Waals surface area (Å²) in [5.41, 5.74) is 1.18. The van der Waals surface area contributed by atoms with Crippen LogP contribution in [0, 0.1) is 18.3 Å². The molecule has 0 aliphatic rings.